The van der Waals surface area contributed by atoms with Gasteiger partial charge >= 0.3 is 0 Å². The van der Waals surface area contributed by atoms with Gasteiger partial charge in [0.15, 0.2) is 5.82 Å². The zero-order valence-corrected chi connectivity index (χ0v) is 15.7. The molecule has 2 aliphatic rings. The molecular weight excluding hydrogens is 354 g/mol. The van der Waals surface area contributed by atoms with E-state index in [0.29, 0.717) is 29.4 Å². The SMILES string of the molecule is CN(c1ccc(-c2ccc(-n3ccnn3)cc2O)nn1)[C@H]1C[C@H]2CC[C@@H](C1)N2. The van der Waals surface area contributed by atoms with Gasteiger partial charge in [0.2, 0.25) is 0 Å². The molecule has 1 aromatic carbocycles. The van der Waals surface area contributed by atoms with Gasteiger partial charge in [0.05, 0.1) is 23.8 Å². The molecule has 5 rings (SSSR count). The van der Waals surface area contributed by atoms with Crippen LogP contribution in [0.3, 0.4) is 0 Å². The molecule has 144 valence electrons. The maximum atomic E-state index is 10.4. The van der Waals surface area contributed by atoms with Gasteiger partial charge in [-0.1, -0.05) is 5.21 Å². The van der Waals surface area contributed by atoms with Crippen LogP contribution in [0, 0.1) is 0 Å². The van der Waals surface area contributed by atoms with Crippen molar-refractivity contribution in [2.24, 2.45) is 0 Å². The largest absolute Gasteiger partial charge is 0.507 e. The zero-order valence-electron chi connectivity index (χ0n) is 15.7. The third-order valence-corrected chi connectivity index (χ3v) is 5.95. The molecule has 0 saturated carbocycles. The monoisotopic (exact) mass is 377 g/mol. The smallest absolute Gasteiger partial charge is 0.151 e. The highest BCUT2D eigenvalue weighted by Crippen LogP contribution is 2.32. The average molecular weight is 377 g/mol. The maximum Gasteiger partial charge on any atom is 0.151 e. The minimum absolute atomic E-state index is 0.137. The second-order valence-electron chi connectivity index (χ2n) is 7.70. The van der Waals surface area contributed by atoms with Crippen molar-refractivity contribution in [3.63, 3.8) is 0 Å². The summed E-state index contributed by atoms with van der Waals surface area (Å²) < 4.78 is 1.60. The van der Waals surface area contributed by atoms with Crippen LogP contribution in [0.5, 0.6) is 5.75 Å². The van der Waals surface area contributed by atoms with Gasteiger partial charge < -0.3 is 15.3 Å². The van der Waals surface area contributed by atoms with Gasteiger partial charge in [-0.15, -0.1) is 15.3 Å². The lowest BCUT2D eigenvalue weighted by Crippen LogP contribution is -2.47. The molecule has 2 aliphatic heterocycles. The lowest BCUT2D eigenvalue weighted by molar-refractivity contribution is 0.353. The van der Waals surface area contributed by atoms with Crippen molar-refractivity contribution in [1.82, 2.24) is 30.5 Å². The molecule has 28 heavy (non-hydrogen) atoms. The summed E-state index contributed by atoms with van der Waals surface area (Å²) in [5.74, 6) is 1.01. The van der Waals surface area contributed by atoms with Gasteiger partial charge in [-0.05, 0) is 49.9 Å². The highest BCUT2D eigenvalue weighted by molar-refractivity contribution is 5.68. The van der Waals surface area contributed by atoms with E-state index in [1.165, 1.54) is 12.8 Å². The van der Waals surface area contributed by atoms with E-state index in [9.17, 15) is 5.11 Å². The van der Waals surface area contributed by atoms with E-state index >= 15 is 0 Å². The molecule has 2 N–H and O–H groups in total. The zero-order chi connectivity index (χ0) is 19.1. The average Bonchev–Trinajstić information content (AvgIpc) is 3.37. The topological polar surface area (TPSA) is 92.0 Å². The van der Waals surface area contributed by atoms with Crippen LogP contribution >= 0.6 is 0 Å². The van der Waals surface area contributed by atoms with Gasteiger partial charge in [-0.2, -0.15) is 0 Å². The first kappa shape index (κ1) is 17.1. The van der Waals surface area contributed by atoms with Crippen molar-refractivity contribution < 1.29 is 5.11 Å². The van der Waals surface area contributed by atoms with E-state index in [0.717, 1.165) is 24.3 Å². The molecule has 8 nitrogen and oxygen atoms in total. The number of nitrogens with zero attached hydrogens (tertiary/aromatic N) is 6. The first-order valence-corrected chi connectivity index (χ1v) is 9.70. The Labute approximate surface area is 163 Å². The van der Waals surface area contributed by atoms with Crippen molar-refractivity contribution in [2.45, 2.75) is 43.8 Å². The number of fused-ring (bicyclic) bond motifs is 2. The van der Waals surface area contributed by atoms with Crippen LogP contribution in [0.1, 0.15) is 25.7 Å². The Kier molecular flexibility index (Phi) is 4.20. The highest BCUT2D eigenvalue weighted by Gasteiger charge is 2.35. The molecule has 3 atom stereocenters. The Bertz CT molecular complexity index is 945. The molecule has 4 heterocycles. The van der Waals surface area contributed by atoms with E-state index in [2.05, 4.69) is 37.8 Å². The minimum Gasteiger partial charge on any atom is -0.507 e. The summed E-state index contributed by atoms with van der Waals surface area (Å²) in [4.78, 5) is 2.25. The molecule has 3 aromatic rings. The predicted molar refractivity (Wildman–Crippen MR) is 105 cm³/mol. The molecule has 0 amide bonds. The van der Waals surface area contributed by atoms with Gasteiger partial charge in [0.1, 0.15) is 5.75 Å². The van der Waals surface area contributed by atoms with Crippen LogP contribution in [0.15, 0.2) is 42.7 Å². The molecule has 2 saturated heterocycles. The van der Waals surface area contributed by atoms with Crippen molar-refractivity contribution in [3.8, 4) is 22.7 Å². The summed E-state index contributed by atoms with van der Waals surface area (Å²) in [5, 5.41) is 30.6. The number of piperidine rings is 1. The fraction of sp³-hybridized carbons (Fsp3) is 0.400. The number of aromatic hydroxyl groups is 1. The molecule has 0 spiro atoms. The van der Waals surface area contributed by atoms with Crippen LogP contribution in [-0.2, 0) is 0 Å². The van der Waals surface area contributed by atoms with Crippen LogP contribution in [0.2, 0.25) is 0 Å². The predicted octanol–water partition coefficient (Wildman–Crippen LogP) is 2.15. The summed E-state index contributed by atoms with van der Waals surface area (Å²) >= 11 is 0. The van der Waals surface area contributed by atoms with Crippen LogP contribution in [-0.4, -0.2) is 55.5 Å². The number of rotatable bonds is 4. The Morgan fingerprint density at radius 2 is 1.93 bits per heavy atom. The summed E-state index contributed by atoms with van der Waals surface area (Å²) in [5.41, 5.74) is 2.03. The van der Waals surface area contributed by atoms with E-state index in [1.54, 1.807) is 23.1 Å². The fourth-order valence-corrected chi connectivity index (χ4v) is 4.41. The molecular formula is C20H23N7O. The number of anilines is 1. The Balaban J connectivity index is 1.35. The van der Waals surface area contributed by atoms with Crippen LogP contribution < -0.4 is 10.2 Å². The summed E-state index contributed by atoms with van der Waals surface area (Å²) in [7, 11) is 2.10. The molecule has 0 radical (unpaired) electrons. The number of hydrogen-bond acceptors (Lipinski definition) is 7. The number of aromatic nitrogens is 5. The summed E-state index contributed by atoms with van der Waals surface area (Å²) in [6.07, 6.45) is 8.19. The molecule has 0 aliphatic carbocycles. The maximum absolute atomic E-state index is 10.4. The normalized spacial score (nSPS) is 23.7. The quantitative estimate of drug-likeness (QED) is 0.720. The minimum atomic E-state index is 0.137. The van der Waals surface area contributed by atoms with E-state index < -0.39 is 0 Å². The third kappa shape index (κ3) is 3.09. The number of phenolic OH excluding ortho intramolecular Hbond substituents is 1. The van der Waals surface area contributed by atoms with Gasteiger partial charge in [-0.3, -0.25) is 0 Å². The van der Waals surface area contributed by atoms with Gasteiger partial charge in [-0.25, -0.2) is 4.68 Å². The van der Waals surface area contributed by atoms with E-state index in [-0.39, 0.29) is 5.75 Å². The Morgan fingerprint density at radius 1 is 1.11 bits per heavy atom. The molecule has 2 fully saturated rings. The van der Waals surface area contributed by atoms with Crippen LogP contribution in [0.25, 0.3) is 16.9 Å². The molecule has 2 bridgehead atoms. The third-order valence-electron chi connectivity index (χ3n) is 5.95. The van der Waals surface area contributed by atoms with Crippen LogP contribution in [0.4, 0.5) is 5.82 Å². The molecule has 8 heteroatoms. The van der Waals surface area contributed by atoms with Gasteiger partial charge in [0.25, 0.3) is 0 Å². The lowest BCUT2D eigenvalue weighted by Gasteiger charge is -2.36. The lowest BCUT2D eigenvalue weighted by atomic mass is 9.98. The number of phenols is 1. The number of hydrogen-bond donors (Lipinski definition) is 2. The van der Waals surface area contributed by atoms with Crippen molar-refractivity contribution in [2.75, 3.05) is 11.9 Å². The first-order chi connectivity index (χ1) is 13.7. The number of benzene rings is 1. The summed E-state index contributed by atoms with van der Waals surface area (Å²) in [6, 6.07) is 11.0. The highest BCUT2D eigenvalue weighted by atomic mass is 16.3. The first-order valence-electron chi connectivity index (χ1n) is 9.70. The van der Waals surface area contributed by atoms with Crippen molar-refractivity contribution in [1.29, 1.82) is 0 Å². The van der Waals surface area contributed by atoms with Crippen molar-refractivity contribution >= 4 is 5.82 Å². The Morgan fingerprint density at radius 3 is 2.57 bits per heavy atom. The van der Waals surface area contributed by atoms with Crippen molar-refractivity contribution in [3.05, 3.63) is 42.7 Å². The number of nitrogens with one attached hydrogen (secondary N) is 1. The molecule has 2 aromatic heterocycles. The second kappa shape index (κ2) is 6.87. The van der Waals surface area contributed by atoms with Gasteiger partial charge in [0, 0.05) is 36.8 Å². The van der Waals surface area contributed by atoms with E-state index in [4.69, 9.17) is 0 Å². The summed E-state index contributed by atoms with van der Waals surface area (Å²) in [6.45, 7) is 0. The standard InChI is InChI=1S/C20H23N7O/c1-26(16-10-13-2-3-14(11-16)22-13)20-7-6-18(23-24-20)17-5-4-15(12-19(17)28)27-9-8-21-25-27/h4-9,12-14,16,22,28H,2-3,10-11H2,1H3/t13-,14+,16+. The Hall–Kier alpha value is -3.00. The fourth-order valence-electron chi connectivity index (χ4n) is 4.41. The van der Waals surface area contributed by atoms with E-state index in [1.807, 2.05) is 24.3 Å². The second-order valence-corrected chi connectivity index (χ2v) is 7.70. The molecule has 0 unspecified atom stereocenters.